The molecule has 0 aliphatic carbocycles. The highest BCUT2D eigenvalue weighted by Gasteiger charge is 2.06. The van der Waals surface area contributed by atoms with E-state index in [4.69, 9.17) is 5.73 Å². The molecule has 0 radical (unpaired) electrons. The highest BCUT2D eigenvalue weighted by atomic mass is 19.1. The number of nitrogen functional groups attached to an aromatic ring is 1. The van der Waals surface area contributed by atoms with E-state index in [9.17, 15) is 9.18 Å². The molecule has 0 saturated carbocycles. The zero-order chi connectivity index (χ0) is 13.8. The number of aromatic nitrogens is 1. The summed E-state index contributed by atoms with van der Waals surface area (Å²) >= 11 is 0. The summed E-state index contributed by atoms with van der Waals surface area (Å²) < 4.78 is 12.7. The number of amides is 1. The van der Waals surface area contributed by atoms with Crippen LogP contribution in [0.25, 0.3) is 0 Å². The van der Waals surface area contributed by atoms with Gasteiger partial charge in [0.15, 0.2) is 0 Å². The van der Waals surface area contributed by atoms with Crippen molar-refractivity contribution in [3.8, 4) is 0 Å². The Labute approximate surface area is 110 Å². The number of rotatable bonds is 3. The molecular formula is C14H14FN3O. The molecule has 2 rings (SSSR count). The summed E-state index contributed by atoms with van der Waals surface area (Å²) in [5.41, 5.74) is 7.82. The van der Waals surface area contributed by atoms with Crippen molar-refractivity contribution in [2.75, 3.05) is 11.1 Å². The van der Waals surface area contributed by atoms with Gasteiger partial charge >= 0.3 is 0 Å². The topological polar surface area (TPSA) is 68.0 Å². The van der Waals surface area contributed by atoms with E-state index >= 15 is 0 Å². The monoisotopic (exact) mass is 259 g/mol. The highest BCUT2D eigenvalue weighted by molar-refractivity contribution is 5.91. The Kier molecular flexibility index (Phi) is 3.75. The van der Waals surface area contributed by atoms with Crippen LogP contribution in [0.5, 0.6) is 0 Å². The molecular weight excluding hydrogens is 245 g/mol. The summed E-state index contributed by atoms with van der Waals surface area (Å²) in [7, 11) is 0. The molecule has 1 heterocycles. The molecule has 0 spiro atoms. The van der Waals surface area contributed by atoms with Crippen LogP contribution in [0, 0.1) is 12.7 Å². The molecule has 0 bridgehead atoms. The fourth-order valence-corrected chi connectivity index (χ4v) is 1.61. The average molecular weight is 259 g/mol. The molecule has 0 atom stereocenters. The van der Waals surface area contributed by atoms with Crippen LogP contribution in [-0.2, 0) is 11.2 Å². The Morgan fingerprint density at radius 1 is 1.37 bits per heavy atom. The first-order valence-electron chi connectivity index (χ1n) is 5.81. The number of anilines is 2. The number of benzene rings is 1. The molecule has 0 aliphatic rings. The molecule has 2 aromatic rings. The van der Waals surface area contributed by atoms with Gasteiger partial charge in [0.05, 0.1) is 18.3 Å². The molecule has 5 heteroatoms. The zero-order valence-corrected chi connectivity index (χ0v) is 10.5. The van der Waals surface area contributed by atoms with Crippen molar-refractivity contribution in [2.24, 2.45) is 0 Å². The first-order chi connectivity index (χ1) is 9.04. The van der Waals surface area contributed by atoms with Gasteiger partial charge in [-0.1, -0.05) is 12.1 Å². The van der Waals surface area contributed by atoms with Gasteiger partial charge in [0.1, 0.15) is 11.6 Å². The van der Waals surface area contributed by atoms with Crippen LogP contribution >= 0.6 is 0 Å². The van der Waals surface area contributed by atoms with Crippen molar-refractivity contribution in [2.45, 2.75) is 13.3 Å². The maximum atomic E-state index is 12.7. The molecule has 0 fully saturated rings. The van der Waals surface area contributed by atoms with Gasteiger partial charge in [0.25, 0.3) is 0 Å². The van der Waals surface area contributed by atoms with Crippen LogP contribution in [0.3, 0.4) is 0 Å². The van der Waals surface area contributed by atoms with Gasteiger partial charge in [-0.25, -0.2) is 9.37 Å². The second-order valence-corrected chi connectivity index (χ2v) is 4.28. The van der Waals surface area contributed by atoms with Gasteiger partial charge in [0.2, 0.25) is 5.91 Å². The minimum absolute atomic E-state index is 0.172. The third-order valence-electron chi connectivity index (χ3n) is 2.70. The summed E-state index contributed by atoms with van der Waals surface area (Å²) in [5.74, 6) is -0.0675. The number of hydrogen-bond donors (Lipinski definition) is 2. The Morgan fingerprint density at radius 3 is 2.68 bits per heavy atom. The molecule has 4 nitrogen and oxygen atoms in total. The fraction of sp³-hybridized carbons (Fsp3) is 0.143. The second-order valence-electron chi connectivity index (χ2n) is 4.28. The summed E-state index contributed by atoms with van der Waals surface area (Å²) in [6.07, 6.45) is 1.67. The van der Waals surface area contributed by atoms with Crippen molar-refractivity contribution >= 4 is 17.4 Å². The Morgan fingerprint density at radius 2 is 2.05 bits per heavy atom. The average Bonchev–Trinajstić information content (AvgIpc) is 2.37. The number of nitrogens with zero attached hydrogens (tertiary/aromatic N) is 1. The lowest BCUT2D eigenvalue weighted by Gasteiger charge is -2.06. The third kappa shape index (κ3) is 3.51. The lowest BCUT2D eigenvalue weighted by Crippen LogP contribution is -2.15. The number of aryl methyl sites for hydroxylation is 1. The van der Waals surface area contributed by atoms with Crippen molar-refractivity contribution in [3.63, 3.8) is 0 Å². The molecule has 0 aliphatic heterocycles. The summed E-state index contributed by atoms with van der Waals surface area (Å²) in [5, 5.41) is 2.67. The van der Waals surface area contributed by atoms with Crippen LogP contribution in [0.1, 0.15) is 11.1 Å². The summed E-state index contributed by atoms with van der Waals surface area (Å²) in [6.45, 7) is 1.84. The van der Waals surface area contributed by atoms with Gasteiger partial charge in [-0.3, -0.25) is 4.79 Å². The van der Waals surface area contributed by atoms with Gasteiger partial charge < -0.3 is 11.1 Å². The van der Waals surface area contributed by atoms with Crippen LogP contribution < -0.4 is 11.1 Å². The van der Waals surface area contributed by atoms with Crippen LogP contribution in [0.4, 0.5) is 15.9 Å². The highest BCUT2D eigenvalue weighted by Crippen LogP contribution is 2.13. The van der Waals surface area contributed by atoms with E-state index in [1.807, 2.05) is 6.92 Å². The summed E-state index contributed by atoms with van der Waals surface area (Å²) in [6, 6.07) is 7.52. The maximum absolute atomic E-state index is 12.7. The quantitative estimate of drug-likeness (QED) is 0.888. The van der Waals surface area contributed by atoms with Crippen molar-refractivity contribution in [3.05, 3.63) is 53.5 Å². The van der Waals surface area contributed by atoms with E-state index < -0.39 is 0 Å². The molecule has 1 aromatic carbocycles. The van der Waals surface area contributed by atoms with E-state index in [2.05, 4.69) is 10.3 Å². The fourth-order valence-electron chi connectivity index (χ4n) is 1.61. The number of carbonyl (C=O) groups is 1. The Balaban J connectivity index is 2.01. The lowest BCUT2D eigenvalue weighted by molar-refractivity contribution is -0.115. The van der Waals surface area contributed by atoms with E-state index in [1.165, 1.54) is 18.3 Å². The van der Waals surface area contributed by atoms with Gasteiger partial charge in [-0.2, -0.15) is 0 Å². The first-order valence-corrected chi connectivity index (χ1v) is 5.81. The molecule has 1 amide bonds. The third-order valence-corrected chi connectivity index (χ3v) is 2.70. The zero-order valence-electron chi connectivity index (χ0n) is 10.5. The maximum Gasteiger partial charge on any atom is 0.229 e. The molecule has 3 N–H and O–H groups in total. The van der Waals surface area contributed by atoms with E-state index in [0.29, 0.717) is 11.5 Å². The van der Waals surface area contributed by atoms with Crippen LogP contribution in [-0.4, -0.2) is 10.9 Å². The van der Waals surface area contributed by atoms with E-state index in [-0.39, 0.29) is 18.1 Å². The van der Waals surface area contributed by atoms with Gasteiger partial charge in [-0.15, -0.1) is 0 Å². The predicted octanol–water partition coefficient (Wildman–Crippen LogP) is 2.29. The molecule has 19 heavy (non-hydrogen) atoms. The van der Waals surface area contributed by atoms with Gasteiger partial charge in [0, 0.05) is 0 Å². The predicted molar refractivity (Wildman–Crippen MR) is 72.1 cm³/mol. The second kappa shape index (κ2) is 5.48. The number of pyridine rings is 1. The normalized spacial score (nSPS) is 10.2. The van der Waals surface area contributed by atoms with Crippen molar-refractivity contribution in [1.82, 2.24) is 4.98 Å². The number of carbonyl (C=O) groups excluding carboxylic acids is 1. The molecule has 0 unspecified atom stereocenters. The molecule has 98 valence electrons. The van der Waals surface area contributed by atoms with E-state index in [1.54, 1.807) is 18.2 Å². The SMILES string of the molecule is Cc1cc(NC(=O)Cc2ccc(F)cc2)ncc1N. The Hall–Kier alpha value is -2.43. The minimum atomic E-state index is -0.319. The van der Waals surface area contributed by atoms with Crippen LogP contribution in [0.15, 0.2) is 36.5 Å². The lowest BCUT2D eigenvalue weighted by atomic mass is 10.1. The van der Waals surface area contributed by atoms with Gasteiger partial charge in [-0.05, 0) is 36.2 Å². The van der Waals surface area contributed by atoms with E-state index in [0.717, 1.165) is 11.1 Å². The minimum Gasteiger partial charge on any atom is -0.397 e. The molecule has 0 saturated heterocycles. The number of halogens is 1. The largest absolute Gasteiger partial charge is 0.397 e. The summed E-state index contributed by atoms with van der Waals surface area (Å²) in [4.78, 5) is 15.8. The number of hydrogen-bond acceptors (Lipinski definition) is 3. The smallest absolute Gasteiger partial charge is 0.229 e. The first kappa shape index (κ1) is 13.0. The number of nitrogens with two attached hydrogens (primary N) is 1. The van der Waals surface area contributed by atoms with Crippen molar-refractivity contribution < 1.29 is 9.18 Å². The number of nitrogens with one attached hydrogen (secondary N) is 1. The Bertz CT molecular complexity index is 596. The standard InChI is InChI=1S/C14H14FN3O/c1-9-6-13(17-8-12(9)16)18-14(19)7-10-2-4-11(15)5-3-10/h2-6,8H,7,16H2,1H3,(H,17,18,19). The molecule has 1 aromatic heterocycles. The van der Waals surface area contributed by atoms with Crippen LogP contribution in [0.2, 0.25) is 0 Å². The van der Waals surface area contributed by atoms with Crippen molar-refractivity contribution in [1.29, 1.82) is 0 Å².